The van der Waals surface area contributed by atoms with Crippen LogP contribution in [0.15, 0.2) is 15.9 Å². The SMILES string of the molecule is CCOC(=O)N1CCN(CC(O)Cn2c(=O)c3c(ncn3C)n(C)c2=O)CC1. The predicted molar refractivity (Wildman–Crippen MR) is 101 cm³/mol. The zero-order valence-electron chi connectivity index (χ0n) is 16.4. The van der Waals surface area contributed by atoms with Crippen molar-refractivity contribution in [2.24, 2.45) is 14.1 Å². The van der Waals surface area contributed by atoms with E-state index in [9.17, 15) is 19.5 Å². The van der Waals surface area contributed by atoms with Gasteiger partial charge in [0.2, 0.25) is 0 Å². The van der Waals surface area contributed by atoms with E-state index in [1.807, 2.05) is 4.90 Å². The van der Waals surface area contributed by atoms with Crippen LogP contribution >= 0.6 is 0 Å². The Labute approximate surface area is 161 Å². The first-order chi connectivity index (χ1) is 13.3. The van der Waals surface area contributed by atoms with Crippen LogP contribution in [0.2, 0.25) is 0 Å². The topological polar surface area (TPSA) is 115 Å². The number of aromatic nitrogens is 4. The van der Waals surface area contributed by atoms with E-state index in [4.69, 9.17) is 4.74 Å². The number of piperazine rings is 1. The molecule has 1 saturated heterocycles. The van der Waals surface area contributed by atoms with Gasteiger partial charge in [-0.25, -0.2) is 14.6 Å². The first-order valence-corrected chi connectivity index (χ1v) is 9.26. The molecule has 154 valence electrons. The highest BCUT2D eigenvalue weighted by Gasteiger charge is 2.24. The zero-order chi connectivity index (χ0) is 20.4. The summed E-state index contributed by atoms with van der Waals surface area (Å²) in [6.45, 7) is 4.48. The summed E-state index contributed by atoms with van der Waals surface area (Å²) in [5.41, 5.74) is -0.345. The number of carbonyl (C=O) groups is 1. The lowest BCUT2D eigenvalue weighted by Crippen LogP contribution is -2.51. The molecule has 0 radical (unpaired) electrons. The van der Waals surface area contributed by atoms with Crippen molar-refractivity contribution in [1.82, 2.24) is 28.5 Å². The molecule has 3 rings (SSSR count). The predicted octanol–water partition coefficient (Wildman–Crippen LogP) is -1.43. The van der Waals surface area contributed by atoms with Crippen molar-refractivity contribution in [3.05, 3.63) is 27.2 Å². The molecule has 0 spiro atoms. The average Bonchev–Trinajstić information content (AvgIpc) is 3.06. The van der Waals surface area contributed by atoms with Gasteiger partial charge in [-0.05, 0) is 6.92 Å². The lowest BCUT2D eigenvalue weighted by atomic mass is 10.2. The summed E-state index contributed by atoms with van der Waals surface area (Å²) in [5, 5.41) is 10.5. The van der Waals surface area contributed by atoms with Crippen molar-refractivity contribution in [2.45, 2.75) is 19.6 Å². The van der Waals surface area contributed by atoms with Gasteiger partial charge in [-0.3, -0.25) is 18.8 Å². The summed E-state index contributed by atoms with van der Waals surface area (Å²) in [6, 6.07) is 0. The van der Waals surface area contributed by atoms with Crippen molar-refractivity contribution in [2.75, 3.05) is 39.3 Å². The van der Waals surface area contributed by atoms with Gasteiger partial charge in [0.25, 0.3) is 5.56 Å². The lowest BCUT2D eigenvalue weighted by molar-refractivity contribution is 0.0525. The molecule has 1 N–H and O–H groups in total. The highest BCUT2D eigenvalue weighted by molar-refractivity contribution is 5.69. The molecule has 1 aliphatic rings. The molecule has 1 aliphatic heterocycles. The van der Waals surface area contributed by atoms with Crippen molar-refractivity contribution >= 4 is 17.3 Å². The molecule has 11 nitrogen and oxygen atoms in total. The quantitative estimate of drug-likeness (QED) is 0.661. The summed E-state index contributed by atoms with van der Waals surface area (Å²) in [5.74, 6) is 0. The Morgan fingerprint density at radius 3 is 2.54 bits per heavy atom. The van der Waals surface area contributed by atoms with E-state index >= 15 is 0 Å². The number of amides is 1. The fraction of sp³-hybridized carbons (Fsp3) is 0.647. The minimum atomic E-state index is -0.898. The lowest BCUT2D eigenvalue weighted by Gasteiger charge is -2.34. The maximum absolute atomic E-state index is 12.7. The molecule has 0 aromatic carbocycles. The Morgan fingerprint density at radius 2 is 1.89 bits per heavy atom. The van der Waals surface area contributed by atoms with Gasteiger partial charge >= 0.3 is 11.8 Å². The zero-order valence-corrected chi connectivity index (χ0v) is 16.4. The summed E-state index contributed by atoms with van der Waals surface area (Å²) < 4.78 is 8.91. The van der Waals surface area contributed by atoms with E-state index in [2.05, 4.69) is 4.98 Å². The van der Waals surface area contributed by atoms with E-state index in [1.54, 1.807) is 30.5 Å². The number of aliphatic hydroxyl groups excluding tert-OH is 1. The molecule has 1 atom stereocenters. The van der Waals surface area contributed by atoms with Crippen molar-refractivity contribution in [1.29, 1.82) is 0 Å². The molecule has 0 aliphatic carbocycles. The molecule has 3 heterocycles. The van der Waals surface area contributed by atoms with Crippen LogP contribution in [0.25, 0.3) is 11.2 Å². The van der Waals surface area contributed by atoms with Gasteiger partial charge in [0.1, 0.15) is 0 Å². The van der Waals surface area contributed by atoms with Gasteiger partial charge in [-0.2, -0.15) is 0 Å². The highest BCUT2D eigenvalue weighted by Crippen LogP contribution is 2.06. The third-order valence-corrected chi connectivity index (χ3v) is 4.96. The Bertz CT molecular complexity index is 969. The fourth-order valence-electron chi connectivity index (χ4n) is 3.45. The molecular weight excluding hydrogens is 368 g/mol. The van der Waals surface area contributed by atoms with Crippen LogP contribution in [0, 0.1) is 0 Å². The number of β-amino-alcohol motifs (C(OH)–C–C–N with tert-alkyl or cyclic N) is 1. The molecule has 2 aromatic heterocycles. The van der Waals surface area contributed by atoms with E-state index in [0.29, 0.717) is 50.5 Å². The van der Waals surface area contributed by atoms with Crippen molar-refractivity contribution in [3.8, 4) is 0 Å². The second-order valence-electron chi connectivity index (χ2n) is 6.93. The van der Waals surface area contributed by atoms with Crippen molar-refractivity contribution < 1.29 is 14.6 Å². The molecule has 0 saturated carbocycles. The summed E-state index contributed by atoms with van der Waals surface area (Å²) in [7, 11) is 3.24. The van der Waals surface area contributed by atoms with Gasteiger partial charge in [0.05, 0.1) is 25.6 Å². The number of ether oxygens (including phenoxy) is 1. The van der Waals surface area contributed by atoms with Gasteiger partial charge in [-0.15, -0.1) is 0 Å². The van der Waals surface area contributed by atoms with Crippen LogP contribution in [0.4, 0.5) is 4.79 Å². The van der Waals surface area contributed by atoms with E-state index in [-0.39, 0.29) is 12.6 Å². The Hall–Kier alpha value is -2.66. The van der Waals surface area contributed by atoms with Crippen molar-refractivity contribution in [3.63, 3.8) is 0 Å². The van der Waals surface area contributed by atoms with Gasteiger partial charge in [0, 0.05) is 46.8 Å². The second-order valence-corrected chi connectivity index (χ2v) is 6.93. The minimum Gasteiger partial charge on any atom is -0.450 e. The Balaban J connectivity index is 1.67. The number of nitrogens with zero attached hydrogens (tertiary/aromatic N) is 6. The van der Waals surface area contributed by atoms with Gasteiger partial charge < -0.3 is 19.3 Å². The van der Waals surface area contributed by atoms with Crippen LogP contribution in [0.1, 0.15) is 6.92 Å². The normalized spacial score (nSPS) is 16.5. The molecular formula is C17H26N6O5. The molecule has 28 heavy (non-hydrogen) atoms. The molecule has 1 unspecified atom stereocenters. The van der Waals surface area contributed by atoms with Gasteiger partial charge in [-0.1, -0.05) is 0 Å². The second kappa shape index (κ2) is 8.15. The van der Waals surface area contributed by atoms with Crippen LogP contribution < -0.4 is 11.2 Å². The first-order valence-electron chi connectivity index (χ1n) is 9.26. The monoisotopic (exact) mass is 394 g/mol. The summed E-state index contributed by atoms with van der Waals surface area (Å²) >= 11 is 0. The third kappa shape index (κ3) is 3.80. The number of hydrogen-bond donors (Lipinski definition) is 1. The summed E-state index contributed by atoms with van der Waals surface area (Å²) in [4.78, 5) is 44.7. The Kier molecular flexibility index (Phi) is 5.84. The number of hydrogen-bond acceptors (Lipinski definition) is 7. The van der Waals surface area contributed by atoms with Crippen LogP contribution in [0.5, 0.6) is 0 Å². The summed E-state index contributed by atoms with van der Waals surface area (Å²) in [6.07, 6.45) is 0.252. The molecule has 1 fully saturated rings. The highest BCUT2D eigenvalue weighted by atomic mass is 16.6. The number of aliphatic hydroxyl groups is 1. The first kappa shape index (κ1) is 20.1. The van der Waals surface area contributed by atoms with Gasteiger partial charge in [0.15, 0.2) is 11.2 Å². The standard InChI is InChI=1S/C17H26N6O5/c1-4-28-17(27)22-7-5-21(6-8-22)9-12(24)10-23-15(25)13-14(18-11-19(13)2)20(3)16(23)26/h11-12,24H,4-10H2,1-3H3. The number of rotatable bonds is 5. The molecule has 2 aromatic rings. The average molecular weight is 394 g/mol. The molecule has 11 heteroatoms. The maximum atomic E-state index is 12.7. The molecule has 1 amide bonds. The number of aryl methyl sites for hydroxylation is 2. The maximum Gasteiger partial charge on any atom is 0.409 e. The fourth-order valence-corrected chi connectivity index (χ4v) is 3.45. The Morgan fingerprint density at radius 1 is 1.21 bits per heavy atom. The molecule has 0 bridgehead atoms. The van der Waals surface area contributed by atoms with E-state index in [1.165, 1.54) is 10.9 Å². The largest absolute Gasteiger partial charge is 0.450 e. The van der Waals surface area contributed by atoms with E-state index < -0.39 is 17.4 Å². The van der Waals surface area contributed by atoms with E-state index in [0.717, 1.165) is 4.57 Å². The van der Waals surface area contributed by atoms with Crippen LogP contribution in [-0.4, -0.2) is 85.1 Å². The van der Waals surface area contributed by atoms with Crippen LogP contribution in [0.3, 0.4) is 0 Å². The third-order valence-electron chi connectivity index (χ3n) is 4.96. The van der Waals surface area contributed by atoms with Crippen LogP contribution in [-0.2, 0) is 25.4 Å². The smallest absolute Gasteiger partial charge is 0.409 e. The number of carbonyl (C=O) groups excluding carboxylic acids is 1. The number of imidazole rings is 1. The number of fused-ring (bicyclic) bond motifs is 1. The minimum absolute atomic E-state index is 0.106.